The normalized spacial score (nSPS) is 17.2. The zero-order valence-corrected chi connectivity index (χ0v) is 16.8. The lowest BCUT2D eigenvalue weighted by Crippen LogP contribution is -2.54. The van der Waals surface area contributed by atoms with Crippen molar-refractivity contribution in [2.24, 2.45) is 11.7 Å². The van der Waals surface area contributed by atoms with Crippen LogP contribution in [0.2, 0.25) is 0 Å². The summed E-state index contributed by atoms with van der Waals surface area (Å²) < 4.78 is 5.88. The van der Waals surface area contributed by atoms with Gasteiger partial charge in [0.05, 0.1) is 18.8 Å². The molecular formula is C20H29ClN4O2. The van der Waals surface area contributed by atoms with E-state index in [4.69, 9.17) is 10.2 Å². The van der Waals surface area contributed by atoms with Crippen LogP contribution < -0.4 is 5.73 Å². The SMILES string of the molecule is CCC(C)C(N)C(=O)N1CCN(Cc2ncc(-c3ccccc3)o2)CC1.Cl. The Bertz CT molecular complexity index is 714. The topological polar surface area (TPSA) is 75.6 Å². The third kappa shape index (κ3) is 5.31. The first-order valence-electron chi connectivity index (χ1n) is 9.35. The van der Waals surface area contributed by atoms with E-state index in [0.717, 1.165) is 30.8 Å². The Morgan fingerprint density at radius 2 is 1.89 bits per heavy atom. The van der Waals surface area contributed by atoms with Crippen molar-refractivity contribution < 1.29 is 9.21 Å². The lowest BCUT2D eigenvalue weighted by molar-refractivity contribution is -0.135. The molecule has 1 aromatic heterocycles. The van der Waals surface area contributed by atoms with E-state index >= 15 is 0 Å². The summed E-state index contributed by atoms with van der Waals surface area (Å²) in [5.74, 6) is 1.78. The Hall–Kier alpha value is -1.89. The molecule has 1 aliphatic heterocycles. The first-order chi connectivity index (χ1) is 12.6. The molecule has 2 heterocycles. The van der Waals surface area contributed by atoms with Crippen molar-refractivity contribution in [1.29, 1.82) is 0 Å². The molecule has 7 heteroatoms. The molecule has 3 rings (SSSR count). The molecule has 148 valence electrons. The molecule has 1 fully saturated rings. The monoisotopic (exact) mass is 392 g/mol. The van der Waals surface area contributed by atoms with Gasteiger partial charge in [0.2, 0.25) is 11.8 Å². The van der Waals surface area contributed by atoms with Gasteiger partial charge in [-0.1, -0.05) is 50.6 Å². The van der Waals surface area contributed by atoms with Gasteiger partial charge in [-0.05, 0) is 5.92 Å². The highest BCUT2D eigenvalue weighted by atomic mass is 35.5. The number of hydrogen-bond donors (Lipinski definition) is 1. The van der Waals surface area contributed by atoms with Crippen molar-refractivity contribution in [2.45, 2.75) is 32.9 Å². The van der Waals surface area contributed by atoms with Crippen molar-refractivity contribution in [3.63, 3.8) is 0 Å². The molecule has 0 radical (unpaired) electrons. The second kappa shape index (κ2) is 9.88. The Kier molecular flexibility index (Phi) is 7.83. The van der Waals surface area contributed by atoms with Crippen molar-refractivity contribution in [3.05, 3.63) is 42.4 Å². The molecule has 2 unspecified atom stereocenters. The Labute approximate surface area is 167 Å². The molecule has 1 amide bonds. The smallest absolute Gasteiger partial charge is 0.239 e. The molecule has 6 nitrogen and oxygen atoms in total. The highest BCUT2D eigenvalue weighted by Gasteiger charge is 2.28. The van der Waals surface area contributed by atoms with E-state index in [9.17, 15) is 4.79 Å². The summed E-state index contributed by atoms with van der Waals surface area (Å²) in [6.07, 6.45) is 2.69. The molecule has 0 saturated carbocycles. The number of amides is 1. The first-order valence-corrected chi connectivity index (χ1v) is 9.35. The van der Waals surface area contributed by atoms with Crippen molar-refractivity contribution in [1.82, 2.24) is 14.8 Å². The summed E-state index contributed by atoms with van der Waals surface area (Å²) in [4.78, 5) is 21.0. The second-order valence-corrected chi connectivity index (χ2v) is 7.00. The van der Waals surface area contributed by atoms with Crippen LogP contribution in [0, 0.1) is 5.92 Å². The van der Waals surface area contributed by atoms with Crippen LogP contribution in [-0.2, 0) is 11.3 Å². The van der Waals surface area contributed by atoms with Gasteiger partial charge in [-0.15, -0.1) is 12.4 Å². The predicted octanol–water partition coefficient (Wildman–Crippen LogP) is 2.78. The maximum Gasteiger partial charge on any atom is 0.239 e. The zero-order valence-electron chi connectivity index (χ0n) is 16.0. The molecule has 1 saturated heterocycles. The fourth-order valence-electron chi connectivity index (χ4n) is 3.15. The lowest BCUT2D eigenvalue weighted by atomic mass is 9.98. The summed E-state index contributed by atoms with van der Waals surface area (Å²) in [5, 5.41) is 0. The van der Waals surface area contributed by atoms with Crippen LogP contribution >= 0.6 is 12.4 Å². The number of carbonyl (C=O) groups excluding carboxylic acids is 1. The van der Waals surface area contributed by atoms with Crippen molar-refractivity contribution >= 4 is 18.3 Å². The average Bonchev–Trinajstić information content (AvgIpc) is 3.16. The number of benzene rings is 1. The molecule has 2 atom stereocenters. The number of nitrogens with zero attached hydrogens (tertiary/aromatic N) is 3. The molecule has 0 aliphatic carbocycles. The number of aromatic nitrogens is 1. The third-order valence-electron chi connectivity index (χ3n) is 5.20. The van der Waals surface area contributed by atoms with Crippen LogP contribution in [0.15, 0.2) is 40.9 Å². The second-order valence-electron chi connectivity index (χ2n) is 7.00. The number of hydrogen-bond acceptors (Lipinski definition) is 5. The standard InChI is InChI=1S/C20H28N4O2.ClH/c1-3-15(2)19(21)20(25)24-11-9-23(10-12-24)14-18-22-13-17(26-18)16-7-5-4-6-8-16;/h4-8,13,15,19H,3,9-12,14,21H2,1-2H3;1H. The van der Waals surface area contributed by atoms with Gasteiger partial charge in [-0.25, -0.2) is 4.98 Å². The maximum atomic E-state index is 12.5. The maximum absolute atomic E-state index is 12.5. The van der Waals surface area contributed by atoms with E-state index < -0.39 is 6.04 Å². The summed E-state index contributed by atoms with van der Waals surface area (Å²) in [6, 6.07) is 9.57. The predicted molar refractivity (Wildman–Crippen MR) is 108 cm³/mol. The van der Waals surface area contributed by atoms with E-state index in [1.807, 2.05) is 42.2 Å². The summed E-state index contributed by atoms with van der Waals surface area (Å²) in [5.41, 5.74) is 7.12. The van der Waals surface area contributed by atoms with Gasteiger partial charge >= 0.3 is 0 Å². The minimum Gasteiger partial charge on any atom is -0.439 e. The molecule has 2 N–H and O–H groups in total. The number of oxazole rings is 1. The number of piperazine rings is 1. The van der Waals surface area contributed by atoms with Gasteiger partial charge in [0.1, 0.15) is 0 Å². The van der Waals surface area contributed by atoms with Gasteiger partial charge in [-0.2, -0.15) is 0 Å². The summed E-state index contributed by atoms with van der Waals surface area (Å²) in [7, 11) is 0. The Morgan fingerprint density at radius 1 is 1.22 bits per heavy atom. The lowest BCUT2D eigenvalue weighted by Gasteiger charge is -2.36. The third-order valence-corrected chi connectivity index (χ3v) is 5.20. The van der Waals surface area contributed by atoms with Gasteiger partial charge in [0.25, 0.3) is 0 Å². The van der Waals surface area contributed by atoms with E-state index in [1.54, 1.807) is 6.20 Å². The summed E-state index contributed by atoms with van der Waals surface area (Å²) in [6.45, 7) is 7.78. The van der Waals surface area contributed by atoms with E-state index in [1.165, 1.54) is 0 Å². The first kappa shape index (κ1) is 21.4. The van der Waals surface area contributed by atoms with E-state index in [-0.39, 0.29) is 24.2 Å². The van der Waals surface area contributed by atoms with E-state index in [2.05, 4.69) is 16.8 Å². The fraction of sp³-hybridized carbons (Fsp3) is 0.500. The average molecular weight is 393 g/mol. The molecule has 0 bridgehead atoms. The number of nitrogens with two attached hydrogens (primary N) is 1. The van der Waals surface area contributed by atoms with Gasteiger partial charge in [-0.3, -0.25) is 9.69 Å². The Balaban J connectivity index is 0.00000261. The zero-order chi connectivity index (χ0) is 18.5. The van der Waals surface area contributed by atoms with Gasteiger partial charge in [0, 0.05) is 31.7 Å². The molecule has 2 aromatic rings. The van der Waals surface area contributed by atoms with Crippen molar-refractivity contribution in [2.75, 3.05) is 26.2 Å². The van der Waals surface area contributed by atoms with Crippen LogP contribution in [0.1, 0.15) is 26.2 Å². The number of rotatable bonds is 6. The minimum atomic E-state index is -0.397. The number of halogens is 1. The largest absolute Gasteiger partial charge is 0.439 e. The van der Waals surface area contributed by atoms with Crippen LogP contribution in [0.3, 0.4) is 0 Å². The van der Waals surface area contributed by atoms with Gasteiger partial charge < -0.3 is 15.1 Å². The van der Waals surface area contributed by atoms with Crippen LogP contribution in [-0.4, -0.2) is 52.9 Å². The van der Waals surface area contributed by atoms with Crippen LogP contribution in [0.25, 0.3) is 11.3 Å². The molecule has 0 spiro atoms. The van der Waals surface area contributed by atoms with Gasteiger partial charge in [0.15, 0.2) is 5.76 Å². The summed E-state index contributed by atoms with van der Waals surface area (Å²) >= 11 is 0. The molecule has 27 heavy (non-hydrogen) atoms. The molecular weight excluding hydrogens is 364 g/mol. The fourth-order valence-corrected chi connectivity index (χ4v) is 3.15. The quantitative estimate of drug-likeness (QED) is 0.818. The minimum absolute atomic E-state index is 0. The van der Waals surface area contributed by atoms with Crippen LogP contribution in [0.4, 0.5) is 0 Å². The van der Waals surface area contributed by atoms with E-state index in [0.29, 0.717) is 25.5 Å². The highest BCUT2D eigenvalue weighted by molar-refractivity contribution is 5.85. The highest BCUT2D eigenvalue weighted by Crippen LogP contribution is 2.21. The molecule has 1 aliphatic rings. The molecule has 1 aromatic carbocycles. The Morgan fingerprint density at radius 3 is 2.52 bits per heavy atom. The van der Waals surface area contributed by atoms with Crippen molar-refractivity contribution in [3.8, 4) is 11.3 Å². The number of carbonyl (C=O) groups is 1. The van der Waals surface area contributed by atoms with Crippen LogP contribution in [0.5, 0.6) is 0 Å².